The van der Waals surface area contributed by atoms with Gasteiger partial charge in [-0.25, -0.2) is 4.98 Å². The van der Waals surface area contributed by atoms with Crippen LogP contribution in [0.15, 0.2) is 64.5 Å². The number of thioether (sulfide) groups is 1. The summed E-state index contributed by atoms with van der Waals surface area (Å²) in [6.45, 7) is 4.26. The number of amides is 1. The molecule has 1 heterocycles. The van der Waals surface area contributed by atoms with Gasteiger partial charge in [0.05, 0.1) is 16.2 Å². The fourth-order valence-electron chi connectivity index (χ4n) is 2.78. The first kappa shape index (κ1) is 18.2. The number of carbonyl (C=O) groups excluding carboxylic acids is 1. The number of benzene rings is 2. The Balaban J connectivity index is 1.90. The van der Waals surface area contributed by atoms with Gasteiger partial charge in [-0.2, -0.15) is 0 Å². The molecule has 0 spiro atoms. The Kier molecular flexibility index (Phi) is 5.42. The molecule has 0 aliphatic heterocycles. The zero-order valence-corrected chi connectivity index (χ0v) is 15.9. The van der Waals surface area contributed by atoms with Crippen LogP contribution in [0.1, 0.15) is 13.8 Å². The van der Waals surface area contributed by atoms with Gasteiger partial charge in [0.15, 0.2) is 5.16 Å². The zero-order chi connectivity index (χ0) is 18.7. The van der Waals surface area contributed by atoms with Crippen molar-refractivity contribution in [1.29, 1.82) is 0 Å². The second kappa shape index (κ2) is 7.74. The molecule has 6 heteroatoms. The summed E-state index contributed by atoms with van der Waals surface area (Å²) in [5, 5.41) is 0.795. The Morgan fingerprint density at radius 2 is 1.81 bits per heavy atom. The third-order valence-corrected chi connectivity index (χ3v) is 5.32. The van der Waals surface area contributed by atoms with Gasteiger partial charge in [0.1, 0.15) is 0 Å². The second-order valence-electron chi connectivity index (χ2n) is 5.95. The minimum Gasteiger partial charge on any atom is -0.315 e. The molecule has 0 aliphatic rings. The topological polar surface area (TPSA) is 55.2 Å². The van der Waals surface area contributed by atoms with Crippen molar-refractivity contribution in [3.8, 4) is 0 Å². The predicted molar refractivity (Wildman–Crippen MR) is 107 cm³/mol. The Hall–Kier alpha value is -2.60. The highest BCUT2D eigenvalue weighted by molar-refractivity contribution is 8.00. The van der Waals surface area contributed by atoms with Crippen LogP contribution in [0, 0.1) is 0 Å². The first-order valence-corrected chi connectivity index (χ1v) is 9.39. The van der Waals surface area contributed by atoms with Gasteiger partial charge in [-0.1, -0.05) is 42.1 Å². The molecule has 134 valence electrons. The van der Waals surface area contributed by atoms with Crippen molar-refractivity contribution in [3.63, 3.8) is 0 Å². The van der Waals surface area contributed by atoms with Crippen LogP contribution in [-0.4, -0.2) is 27.8 Å². The number of fused-ring (bicyclic) bond motifs is 1. The number of hydrogen-bond donors (Lipinski definition) is 0. The Morgan fingerprint density at radius 3 is 2.50 bits per heavy atom. The summed E-state index contributed by atoms with van der Waals surface area (Å²) in [7, 11) is 1.76. The van der Waals surface area contributed by atoms with Crippen LogP contribution in [0.5, 0.6) is 0 Å². The van der Waals surface area contributed by atoms with Crippen molar-refractivity contribution in [1.82, 2.24) is 9.55 Å². The number of anilines is 1. The smallest absolute Gasteiger partial charge is 0.262 e. The molecule has 0 saturated carbocycles. The number of rotatable bonds is 5. The highest BCUT2D eigenvalue weighted by atomic mass is 32.2. The number of hydrogen-bond acceptors (Lipinski definition) is 4. The molecule has 1 amide bonds. The van der Waals surface area contributed by atoms with E-state index in [0.29, 0.717) is 22.6 Å². The van der Waals surface area contributed by atoms with Crippen LogP contribution in [0.2, 0.25) is 0 Å². The average molecular weight is 367 g/mol. The van der Waals surface area contributed by atoms with E-state index in [1.807, 2.05) is 62.4 Å². The van der Waals surface area contributed by atoms with E-state index in [2.05, 4.69) is 4.98 Å². The number of aromatic nitrogens is 2. The monoisotopic (exact) mass is 367 g/mol. The number of nitrogens with zero attached hydrogens (tertiary/aromatic N) is 3. The lowest BCUT2D eigenvalue weighted by Gasteiger charge is -2.21. The SMILES string of the molecule is CCn1c(S[C@H](C)C(=O)N(C)c2ccccc2)nc2ccccc2c1=O. The van der Waals surface area contributed by atoms with Crippen molar-refractivity contribution in [3.05, 3.63) is 65.0 Å². The van der Waals surface area contributed by atoms with Gasteiger partial charge in [0.2, 0.25) is 5.91 Å². The summed E-state index contributed by atoms with van der Waals surface area (Å²) < 4.78 is 1.62. The number of carbonyl (C=O) groups is 1. The number of para-hydroxylation sites is 2. The molecule has 0 aliphatic carbocycles. The summed E-state index contributed by atoms with van der Waals surface area (Å²) in [5.41, 5.74) is 1.42. The minimum atomic E-state index is -0.369. The van der Waals surface area contributed by atoms with Gasteiger partial charge in [-0.15, -0.1) is 0 Å². The van der Waals surface area contributed by atoms with Gasteiger partial charge in [0.25, 0.3) is 5.56 Å². The van der Waals surface area contributed by atoms with Crippen LogP contribution in [-0.2, 0) is 11.3 Å². The lowest BCUT2D eigenvalue weighted by molar-refractivity contribution is -0.117. The maximum absolute atomic E-state index is 12.8. The average Bonchev–Trinajstić information content (AvgIpc) is 2.68. The molecular weight excluding hydrogens is 346 g/mol. The molecule has 3 rings (SSSR count). The van der Waals surface area contributed by atoms with Gasteiger partial charge in [-0.05, 0) is 38.1 Å². The van der Waals surface area contributed by atoms with E-state index < -0.39 is 0 Å². The van der Waals surface area contributed by atoms with Crippen LogP contribution in [0.3, 0.4) is 0 Å². The molecule has 26 heavy (non-hydrogen) atoms. The lowest BCUT2D eigenvalue weighted by Crippen LogP contribution is -2.34. The van der Waals surface area contributed by atoms with Crippen LogP contribution in [0.25, 0.3) is 10.9 Å². The van der Waals surface area contributed by atoms with E-state index in [1.54, 1.807) is 22.6 Å². The van der Waals surface area contributed by atoms with Gasteiger partial charge in [0, 0.05) is 19.3 Å². The van der Waals surface area contributed by atoms with E-state index in [9.17, 15) is 9.59 Å². The zero-order valence-electron chi connectivity index (χ0n) is 15.0. The summed E-state index contributed by atoms with van der Waals surface area (Å²) in [5.74, 6) is -0.0359. The fraction of sp³-hybridized carbons (Fsp3) is 0.250. The molecule has 0 N–H and O–H groups in total. The van der Waals surface area contributed by atoms with E-state index in [4.69, 9.17) is 0 Å². The maximum Gasteiger partial charge on any atom is 0.262 e. The molecule has 3 aromatic rings. The van der Waals surface area contributed by atoms with Crippen LogP contribution in [0.4, 0.5) is 5.69 Å². The quantitative estimate of drug-likeness (QED) is 0.511. The molecular formula is C20H21N3O2S. The molecule has 1 atom stereocenters. The third-order valence-electron chi connectivity index (χ3n) is 4.25. The Labute approximate surface area is 156 Å². The predicted octanol–water partition coefficient (Wildman–Crippen LogP) is 3.56. The summed E-state index contributed by atoms with van der Waals surface area (Å²) in [6, 6.07) is 16.8. The normalized spacial score (nSPS) is 12.1. The lowest BCUT2D eigenvalue weighted by atomic mass is 10.2. The van der Waals surface area contributed by atoms with Gasteiger partial charge >= 0.3 is 0 Å². The van der Waals surface area contributed by atoms with E-state index in [-0.39, 0.29) is 16.7 Å². The molecule has 0 fully saturated rings. The van der Waals surface area contributed by atoms with Crippen molar-refractivity contribution < 1.29 is 4.79 Å². The highest BCUT2D eigenvalue weighted by Crippen LogP contribution is 2.25. The Morgan fingerprint density at radius 1 is 1.15 bits per heavy atom. The maximum atomic E-state index is 12.8. The summed E-state index contributed by atoms with van der Waals surface area (Å²) in [4.78, 5) is 31.7. The van der Waals surface area contributed by atoms with Gasteiger partial charge < -0.3 is 4.90 Å². The summed E-state index contributed by atoms with van der Waals surface area (Å²) >= 11 is 1.32. The second-order valence-corrected chi connectivity index (χ2v) is 7.26. The highest BCUT2D eigenvalue weighted by Gasteiger charge is 2.22. The van der Waals surface area contributed by atoms with Crippen molar-refractivity contribution in [2.24, 2.45) is 0 Å². The first-order chi connectivity index (χ1) is 12.5. The Bertz CT molecular complexity index is 985. The molecule has 0 unspecified atom stereocenters. The molecule has 2 aromatic carbocycles. The molecule has 5 nitrogen and oxygen atoms in total. The fourth-order valence-corrected chi connectivity index (χ4v) is 3.84. The summed E-state index contributed by atoms with van der Waals surface area (Å²) in [6.07, 6.45) is 0. The standard InChI is InChI=1S/C20H21N3O2S/c1-4-23-19(25)16-12-8-9-13-17(16)21-20(23)26-14(2)18(24)22(3)15-10-6-5-7-11-15/h5-14H,4H2,1-3H3/t14-/m1/s1. The van der Waals surface area contributed by atoms with E-state index in [0.717, 1.165) is 5.69 Å². The third kappa shape index (κ3) is 3.51. The van der Waals surface area contributed by atoms with Crippen molar-refractivity contribution in [2.45, 2.75) is 30.8 Å². The van der Waals surface area contributed by atoms with Crippen LogP contribution >= 0.6 is 11.8 Å². The molecule has 1 aromatic heterocycles. The van der Waals surface area contributed by atoms with E-state index >= 15 is 0 Å². The van der Waals surface area contributed by atoms with Crippen molar-refractivity contribution >= 4 is 34.3 Å². The largest absolute Gasteiger partial charge is 0.315 e. The molecule has 0 saturated heterocycles. The van der Waals surface area contributed by atoms with Crippen molar-refractivity contribution in [2.75, 3.05) is 11.9 Å². The van der Waals surface area contributed by atoms with E-state index in [1.165, 1.54) is 11.8 Å². The first-order valence-electron chi connectivity index (χ1n) is 8.51. The van der Waals surface area contributed by atoms with Gasteiger partial charge in [-0.3, -0.25) is 14.2 Å². The molecule has 0 bridgehead atoms. The minimum absolute atomic E-state index is 0.0359. The van der Waals surface area contributed by atoms with Crippen LogP contribution < -0.4 is 10.5 Å². The molecule has 0 radical (unpaired) electrons.